The Hall–Kier alpha value is -0.223. The van der Waals surface area contributed by atoms with Gasteiger partial charge in [-0.2, -0.15) is 0 Å². The average Bonchev–Trinajstić information content (AvgIpc) is 1.83. The van der Waals surface area contributed by atoms with E-state index in [-0.39, 0.29) is 0 Å². The number of rotatable bonds is 1. The van der Waals surface area contributed by atoms with Crippen molar-refractivity contribution in [1.29, 1.82) is 0 Å². The van der Waals surface area contributed by atoms with E-state index in [2.05, 4.69) is 31.9 Å². The zero-order chi connectivity index (χ0) is 6.41. The molecule has 0 heterocycles. The second-order valence-electron chi connectivity index (χ2n) is 1.98. The Morgan fingerprint density at radius 3 is 2.38 bits per heavy atom. The monoisotopic (exact) mass is 126 g/mol. The van der Waals surface area contributed by atoms with Crippen molar-refractivity contribution < 1.29 is 0 Å². The van der Waals surface area contributed by atoms with Crippen LogP contribution >= 0.6 is 0 Å². The molecule has 0 radical (unpaired) electrons. The molecule has 0 bridgehead atoms. The van der Waals surface area contributed by atoms with Gasteiger partial charge < -0.3 is 0 Å². The predicted octanol–water partition coefficient (Wildman–Crippen LogP) is 1.82. The lowest BCUT2D eigenvalue weighted by Gasteiger charge is -1.89. The summed E-state index contributed by atoms with van der Waals surface area (Å²) in [5.41, 5.74) is 3.27. The van der Waals surface area contributed by atoms with Crippen LogP contribution < -0.4 is 0 Å². The first-order valence-corrected chi connectivity index (χ1v) is 5.84. The molecule has 0 saturated heterocycles. The maximum absolute atomic E-state index is 3.27. The Kier molecular flexibility index (Phi) is 4.79. The highest BCUT2D eigenvalue weighted by molar-refractivity contribution is 6.66. The molecule has 0 aliphatic heterocycles. The van der Waals surface area contributed by atoms with Crippen LogP contribution in [0.25, 0.3) is 0 Å². The van der Waals surface area contributed by atoms with Gasteiger partial charge in [-0.25, -0.2) is 0 Å². The Labute approximate surface area is 53.9 Å². The molecular weight excluding hydrogens is 112 g/mol. The van der Waals surface area contributed by atoms with Crippen LogP contribution in [0.3, 0.4) is 0 Å². The van der Waals surface area contributed by atoms with Gasteiger partial charge in [-0.15, -0.1) is 11.5 Å². The van der Waals surface area contributed by atoms with Gasteiger partial charge in [-0.1, -0.05) is 26.4 Å². The summed E-state index contributed by atoms with van der Waals surface area (Å²) >= 11 is 0. The molecule has 0 spiro atoms. The molecule has 0 aliphatic rings. The van der Waals surface area contributed by atoms with Gasteiger partial charge in [0.15, 0.2) is 0 Å². The summed E-state index contributed by atoms with van der Waals surface area (Å²) in [5, 5.41) is 0. The summed E-state index contributed by atoms with van der Waals surface area (Å²) in [6.07, 6.45) is 1.03. The smallest absolute Gasteiger partial charge is 0.119 e. The number of hydrogen-bond donors (Lipinski definition) is 0. The first kappa shape index (κ1) is 7.78. The molecule has 0 aromatic heterocycles. The molecule has 1 unspecified atom stereocenters. The summed E-state index contributed by atoms with van der Waals surface area (Å²) in [4.78, 5) is 0. The van der Waals surface area contributed by atoms with Crippen LogP contribution in [0.2, 0.25) is 12.6 Å². The second-order valence-corrected chi connectivity index (χ2v) is 4.89. The molecule has 46 valence electrons. The fourth-order valence-corrected chi connectivity index (χ4v) is 1.14. The van der Waals surface area contributed by atoms with Crippen molar-refractivity contribution in [3.05, 3.63) is 0 Å². The Morgan fingerprint density at radius 1 is 1.38 bits per heavy atom. The van der Waals surface area contributed by atoms with E-state index in [4.69, 9.17) is 0 Å². The molecule has 0 aromatic rings. The molecule has 0 fully saturated rings. The third kappa shape index (κ3) is 3.95. The van der Waals surface area contributed by atoms with Crippen molar-refractivity contribution >= 4 is 8.80 Å². The Morgan fingerprint density at radius 2 is 2.00 bits per heavy atom. The molecular formula is C7H14Si. The fourth-order valence-electron chi connectivity index (χ4n) is 0.378. The van der Waals surface area contributed by atoms with E-state index in [0.717, 1.165) is 6.42 Å². The first-order valence-electron chi connectivity index (χ1n) is 3.29. The lowest BCUT2D eigenvalue weighted by molar-refractivity contribution is 1.28. The summed E-state index contributed by atoms with van der Waals surface area (Å²) in [7, 11) is -0.560. The second kappa shape index (κ2) is 4.92. The van der Waals surface area contributed by atoms with Crippen LogP contribution in [-0.4, -0.2) is 8.80 Å². The zero-order valence-electron chi connectivity index (χ0n) is 5.99. The van der Waals surface area contributed by atoms with E-state index in [9.17, 15) is 0 Å². The topological polar surface area (TPSA) is 0 Å². The molecule has 8 heavy (non-hydrogen) atoms. The zero-order valence-corrected chi connectivity index (χ0v) is 7.15. The minimum absolute atomic E-state index is 0.560. The first-order chi connectivity index (χ1) is 3.81. The fraction of sp³-hybridized carbons (Fsp3) is 0.714. The van der Waals surface area contributed by atoms with Crippen molar-refractivity contribution in [2.24, 2.45) is 0 Å². The van der Waals surface area contributed by atoms with Gasteiger partial charge in [0.05, 0.1) is 0 Å². The van der Waals surface area contributed by atoms with Crippen LogP contribution in [0.4, 0.5) is 0 Å². The molecule has 0 aromatic carbocycles. The van der Waals surface area contributed by atoms with E-state index in [1.165, 1.54) is 6.04 Å². The van der Waals surface area contributed by atoms with Gasteiger partial charge in [0, 0.05) is 6.42 Å². The van der Waals surface area contributed by atoms with Crippen LogP contribution in [-0.2, 0) is 0 Å². The van der Waals surface area contributed by atoms with E-state index < -0.39 is 8.80 Å². The predicted molar refractivity (Wildman–Crippen MR) is 41.6 cm³/mol. The molecule has 0 amide bonds. The van der Waals surface area contributed by atoms with Crippen molar-refractivity contribution in [2.75, 3.05) is 0 Å². The maximum Gasteiger partial charge on any atom is 0.119 e. The third-order valence-corrected chi connectivity index (χ3v) is 3.06. The SMILES string of the molecule is CCC#C[SiH](C)CC. The van der Waals surface area contributed by atoms with Gasteiger partial charge in [0.2, 0.25) is 0 Å². The van der Waals surface area contributed by atoms with E-state index >= 15 is 0 Å². The van der Waals surface area contributed by atoms with Gasteiger partial charge >= 0.3 is 0 Å². The van der Waals surface area contributed by atoms with Crippen molar-refractivity contribution in [3.8, 4) is 11.5 Å². The van der Waals surface area contributed by atoms with Crippen molar-refractivity contribution in [1.82, 2.24) is 0 Å². The van der Waals surface area contributed by atoms with Crippen LogP contribution in [0, 0.1) is 11.5 Å². The molecule has 0 saturated carbocycles. The number of hydrogen-bond acceptors (Lipinski definition) is 0. The van der Waals surface area contributed by atoms with Crippen LogP contribution in [0.5, 0.6) is 0 Å². The standard InChI is InChI=1S/C7H14Si/c1-4-6-7-8(3)5-2/h8H,4-5H2,1-3H3. The normalized spacial score (nSPS) is 11.9. The van der Waals surface area contributed by atoms with Gasteiger partial charge in [-0.3, -0.25) is 0 Å². The summed E-state index contributed by atoms with van der Waals surface area (Å²) in [6.45, 7) is 6.62. The Balaban J connectivity index is 3.35. The minimum Gasteiger partial charge on any atom is -0.136 e. The average molecular weight is 126 g/mol. The summed E-state index contributed by atoms with van der Waals surface area (Å²) in [6, 6.07) is 1.31. The summed E-state index contributed by atoms with van der Waals surface area (Å²) in [5.74, 6) is 3.11. The highest BCUT2D eigenvalue weighted by Gasteiger charge is 1.90. The lowest BCUT2D eigenvalue weighted by Crippen LogP contribution is -1.98. The summed E-state index contributed by atoms with van der Waals surface area (Å²) < 4.78 is 0. The van der Waals surface area contributed by atoms with Crippen molar-refractivity contribution in [2.45, 2.75) is 32.9 Å². The maximum atomic E-state index is 3.27. The van der Waals surface area contributed by atoms with E-state index in [1.807, 2.05) is 0 Å². The molecule has 0 rings (SSSR count). The van der Waals surface area contributed by atoms with Gasteiger partial charge in [0.25, 0.3) is 0 Å². The molecule has 1 atom stereocenters. The van der Waals surface area contributed by atoms with Gasteiger partial charge in [-0.05, 0) is 0 Å². The minimum atomic E-state index is -0.560. The highest BCUT2D eigenvalue weighted by Crippen LogP contribution is 1.85. The lowest BCUT2D eigenvalue weighted by atomic mass is 10.5. The van der Waals surface area contributed by atoms with E-state index in [0.29, 0.717) is 0 Å². The quantitative estimate of drug-likeness (QED) is 0.371. The van der Waals surface area contributed by atoms with E-state index in [1.54, 1.807) is 0 Å². The largest absolute Gasteiger partial charge is 0.136 e. The van der Waals surface area contributed by atoms with Crippen LogP contribution in [0.15, 0.2) is 0 Å². The Bertz CT molecular complexity index is 96.7. The highest BCUT2D eigenvalue weighted by atomic mass is 28.3. The molecule has 0 N–H and O–H groups in total. The van der Waals surface area contributed by atoms with Crippen LogP contribution in [0.1, 0.15) is 20.3 Å². The molecule has 1 heteroatoms. The van der Waals surface area contributed by atoms with Gasteiger partial charge in [0.1, 0.15) is 8.80 Å². The van der Waals surface area contributed by atoms with Crippen molar-refractivity contribution in [3.63, 3.8) is 0 Å². The molecule has 0 aliphatic carbocycles. The third-order valence-electron chi connectivity index (χ3n) is 1.14. The molecule has 0 nitrogen and oxygen atoms in total.